The minimum Gasteiger partial charge on any atom is -0.441 e. The maximum atomic E-state index is 13.4. The number of aromatic nitrogens is 2. The fourth-order valence-electron chi connectivity index (χ4n) is 2.86. The highest BCUT2D eigenvalue weighted by Gasteiger charge is 2.18. The highest BCUT2D eigenvalue weighted by Crippen LogP contribution is 2.23. The van der Waals surface area contributed by atoms with Gasteiger partial charge in [-0.15, -0.1) is 0 Å². The van der Waals surface area contributed by atoms with Crippen LogP contribution in [0.15, 0.2) is 53.2 Å². The van der Waals surface area contributed by atoms with Crippen molar-refractivity contribution in [2.75, 3.05) is 13.1 Å². The van der Waals surface area contributed by atoms with Gasteiger partial charge in [-0.25, -0.2) is 9.37 Å². The first-order chi connectivity index (χ1) is 13.1. The molecule has 1 amide bonds. The predicted octanol–water partition coefficient (Wildman–Crippen LogP) is 3.82. The van der Waals surface area contributed by atoms with E-state index >= 15 is 0 Å². The summed E-state index contributed by atoms with van der Waals surface area (Å²) in [5, 5.41) is 0. The van der Waals surface area contributed by atoms with Gasteiger partial charge >= 0.3 is 0 Å². The molecule has 5 nitrogen and oxygen atoms in total. The number of carbonyl (C=O) groups excluding carboxylic acids is 1. The molecule has 0 atom stereocenters. The van der Waals surface area contributed by atoms with Gasteiger partial charge in [-0.3, -0.25) is 9.78 Å². The van der Waals surface area contributed by atoms with E-state index in [1.165, 1.54) is 12.1 Å². The van der Waals surface area contributed by atoms with Gasteiger partial charge in [-0.1, -0.05) is 6.07 Å². The van der Waals surface area contributed by atoms with Crippen molar-refractivity contribution in [3.63, 3.8) is 0 Å². The van der Waals surface area contributed by atoms with Crippen LogP contribution in [0.3, 0.4) is 0 Å². The predicted molar refractivity (Wildman–Crippen MR) is 101 cm³/mol. The lowest BCUT2D eigenvalue weighted by molar-refractivity contribution is -0.130. The molecule has 3 aromatic rings. The second-order valence-corrected chi connectivity index (χ2v) is 6.29. The van der Waals surface area contributed by atoms with Gasteiger partial charge in [-0.05, 0) is 56.2 Å². The van der Waals surface area contributed by atoms with E-state index in [0.717, 1.165) is 12.0 Å². The molecule has 140 valence electrons. The Bertz CT molecular complexity index is 909. The highest BCUT2D eigenvalue weighted by molar-refractivity contribution is 5.78. The second-order valence-electron chi connectivity index (χ2n) is 6.29. The van der Waals surface area contributed by atoms with Crippen LogP contribution >= 0.6 is 0 Å². The molecule has 0 unspecified atom stereocenters. The number of pyridine rings is 1. The number of nitrogens with zero attached hydrogens (tertiary/aromatic N) is 3. The number of aryl methyl sites for hydroxylation is 1. The van der Waals surface area contributed by atoms with Crippen molar-refractivity contribution in [3.05, 3.63) is 71.6 Å². The Labute approximate surface area is 157 Å². The van der Waals surface area contributed by atoms with Gasteiger partial charge in [-0.2, -0.15) is 0 Å². The smallest absolute Gasteiger partial charge is 0.228 e. The van der Waals surface area contributed by atoms with Crippen LogP contribution in [0.2, 0.25) is 0 Å². The normalized spacial score (nSPS) is 10.8. The Morgan fingerprint density at radius 3 is 2.70 bits per heavy atom. The average Bonchev–Trinajstić information content (AvgIpc) is 3.03. The van der Waals surface area contributed by atoms with Crippen LogP contribution in [0.1, 0.15) is 23.9 Å². The van der Waals surface area contributed by atoms with Gasteiger partial charge in [0, 0.05) is 31.0 Å². The van der Waals surface area contributed by atoms with E-state index in [2.05, 4.69) is 9.97 Å². The molecule has 0 aliphatic carbocycles. The maximum Gasteiger partial charge on any atom is 0.228 e. The zero-order valence-electron chi connectivity index (χ0n) is 15.5. The number of rotatable bonds is 7. The molecule has 0 bridgehead atoms. The molecule has 0 aliphatic rings. The van der Waals surface area contributed by atoms with Gasteiger partial charge in [0.1, 0.15) is 11.6 Å². The quantitative estimate of drug-likeness (QED) is 0.637. The number of likely N-dealkylation sites (N-methyl/N-ethyl adjacent to an activating group) is 1. The first kappa shape index (κ1) is 18.8. The van der Waals surface area contributed by atoms with E-state index in [-0.39, 0.29) is 18.1 Å². The van der Waals surface area contributed by atoms with Crippen molar-refractivity contribution < 1.29 is 13.6 Å². The lowest BCUT2D eigenvalue weighted by Gasteiger charge is -2.20. The van der Waals surface area contributed by atoms with E-state index in [9.17, 15) is 9.18 Å². The van der Waals surface area contributed by atoms with Gasteiger partial charge in [0.2, 0.25) is 11.8 Å². The molecule has 0 N–H and O–H groups in total. The van der Waals surface area contributed by atoms with Crippen LogP contribution in [-0.2, 0) is 17.6 Å². The van der Waals surface area contributed by atoms with Gasteiger partial charge in [0.25, 0.3) is 0 Å². The Hall–Kier alpha value is -3.02. The summed E-state index contributed by atoms with van der Waals surface area (Å²) < 4.78 is 19.1. The van der Waals surface area contributed by atoms with Crippen LogP contribution in [0.4, 0.5) is 4.39 Å². The number of benzene rings is 1. The summed E-state index contributed by atoms with van der Waals surface area (Å²) in [6, 6.07) is 9.96. The standard InChI is InChI=1S/C21H22FN3O2/c1-3-25(12-9-16-7-10-23-11-8-16)20(26)14-19-15(2)27-21(24-19)17-5-4-6-18(22)13-17/h4-8,10-11,13H,3,9,12,14H2,1-2H3. The van der Waals surface area contributed by atoms with E-state index in [0.29, 0.717) is 36.0 Å². The van der Waals surface area contributed by atoms with Crippen molar-refractivity contribution in [2.24, 2.45) is 0 Å². The molecule has 3 rings (SSSR count). The van der Waals surface area contributed by atoms with Gasteiger partial charge < -0.3 is 9.32 Å². The summed E-state index contributed by atoms with van der Waals surface area (Å²) in [7, 11) is 0. The van der Waals surface area contributed by atoms with E-state index in [1.807, 2.05) is 19.1 Å². The SMILES string of the molecule is CCN(CCc1ccncc1)C(=O)Cc1nc(-c2cccc(F)c2)oc1C. The lowest BCUT2D eigenvalue weighted by Crippen LogP contribution is -2.34. The largest absolute Gasteiger partial charge is 0.441 e. The number of halogens is 1. The third-order valence-corrected chi connectivity index (χ3v) is 4.44. The van der Waals surface area contributed by atoms with Crippen molar-refractivity contribution in [1.29, 1.82) is 0 Å². The third kappa shape index (κ3) is 4.78. The topological polar surface area (TPSA) is 59.2 Å². The summed E-state index contributed by atoms with van der Waals surface area (Å²) >= 11 is 0. The molecule has 27 heavy (non-hydrogen) atoms. The van der Waals surface area contributed by atoms with Crippen LogP contribution in [0.5, 0.6) is 0 Å². The maximum absolute atomic E-state index is 13.4. The molecule has 0 aliphatic heterocycles. The van der Waals surface area contributed by atoms with Crippen LogP contribution in [-0.4, -0.2) is 33.9 Å². The molecule has 0 spiro atoms. The first-order valence-corrected chi connectivity index (χ1v) is 8.95. The summed E-state index contributed by atoms with van der Waals surface area (Å²) in [5.41, 5.74) is 2.28. The molecule has 0 radical (unpaired) electrons. The van der Waals surface area contributed by atoms with Crippen molar-refractivity contribution in [1.82, 2.24) is 14.9 Å². The molecular formula is C21H22FN3O2. The molecule has 0 fully saturated rings. The van der Waals surface area contributed by atoms with Crippen molar-refractivity contribution >= 4 is 5.91 Å². The zero-order chi connectivity index (χ0) is 19.2. The molecule has 2 aromatic heterocycles. The third-order valence-electron chi connectivity index (χ3n) is 4.44. The minimum atomic E-state index is -0.353. The van der Waals surface area contributed by atoms with Crippen molar-refractivity contribution in [3.8, 4) is 11.5 Å². The van der Waals surface area contributed by atoms with Crippen LogP contribution in [0, 0.1) is 12.7 Å². The first-order valence-electron chi connectivity index (χ1n) is 8.95. The number of carbonyl (C=O) groups is 1. The van der Waals surface area contributed by atoms with Crippen LogP contribution < -0.4 is 0 Å². The Morgan fingerprint density at radius 1 is 1.22 bits per heavy atom. The Balaban J connectivity index is 1.67. The number of oxazole rings is 1. The van der Waals surface area contributed by atoms with E-state index in [4.69, 9.17) is 4.42 Å². The number of amides is 1. The monoisotopic (exact) mass is 367 g/mol. The van der Waals surface area contributed by atoms with Crippen molar-refractivity contribution in [2.45, 2.75) is 26.7 Å². The molecular weight excluding hydrogens is 345 g/mol. The second kappa shape index (κ2) is 8.58. The zero-order valence-corrected chi connectivity index (χ0v) is 15.5. The number of hydrogen-bond donors (Lipinski definition) is 0. The summed E-state index contributed by atoms with van der Waals surface area (Å²) in [6.45, 7) is 4.98. The molecule has 0 saturated heterocycles. The lowest BCUT2D eigenvalue weighted by atomic mass is 10.2. The fraction of sp³-hybridized carbons (Fsp3) is 0.286. The van der Waals surface area contributed by atoms with Crippen LogP contribution in [0.25, 0.3) is 11.5 Å². The fourth-order valence-corrected chi connectivity index (χ4v) is 2.86. The minimum absolute atomic E-state index is 0.00579. The summed E-state index contributed by atoms with van der Waals surface area (Å²) in [6.07, 6.45) is 4.43. The average molecular weight is 367 g/mol. The van der Waals surface area contributed by atoms with Gasteiger partial charge in [0.15, 0.2) is 0 Å². The highest BCUT2D eigenvalue weighted by atomic mass is 19.1. The number of hydrogen-bond acceptors (Lipinski definition) is 4. The molecule has 0 saturated carbocycles. The Kier molecular flexibility index (Phi) is 5.96. The summed E-state index contributed by atoms with van der Waals surface area (Å²) in [4.78, 5) is 22.9. The van der Waals surface area contributed by atoms with E-state index < -0.39 is 0 Å². The molecule has 6 heteroatoms. The van der Waals surface area contributed by atoms with E-state index in [1.54, 1.807) is 36.4 Å². The molecule has 2 heterocycles. The molecule has 1 aromatic carbocycles. The van der Waals surface area contributed by atoms with Gasteiger partial charge in [0.05, 0.1) is 12.1 Å². The summed E-state index contributed by atoms with van der Waals surface area (Å²) in [5.74, 6) is 0.547. The Morgan fingerprint density at radius 2 is 2.00 bits per heavy atom.